The van der Waals surface area contributed by atoms with Gasteiger partial charge in [0.2, 0.25) is 5.91 Å². The molecule has 0 radical (unpaired) electrons. The summed E-state index contributed by atoms with van der Waals surface area (Å²) in [6.07, 6.45) is 2.84. The lowest BCUT2D eigenvalue weighted by Gasteiger charge is -2.32. The van der Waals surface area contributed by atoms with Crippen molar-refractivity contribution in [3.8, 4) is 0 Å². The quantitative estimate of drug-likeness (QED) is 0.675. The van der Waals surface area contributed by atoms with E-state index in [0.29, 0.717) is 25.3 Å². The van der Waals surface area contributed by atoms with E-state index >= 15 is 0 Å². The van der Waals surface area contributed by atoms with E-state index in [0.717, 1.165) is 37.9 Å². The maximum absolute atomic E-state index is 12.7. The summed E-state index contributed by atoms with van der Waals surface area (Å²) in [4.78, 5) is 26.5. The lowest BCUT2D eigenvalue weighted by atomic mass is 9.95. The van der Waals surface area contributed by atoms with Crippen molar-refractivity contribution in [3.05, 3.63) is 35.4 Å². The maximum Gasteiger partial charge on any atom is 0.253 e. The van der Waals surface area contributed by atoms with Gasteiger partial charge >= 0.3 is 0 Å². The van der Waals surface area contributed by atoms with Crippen LogP contribution in [-0.4, -0.2) is 49.1 Å². The van der Waals surface area contributed by atoms with Crippen LogP contribution in [0.3, 0.4) is 0 Å². The van der Waals surface area contributed by atoms with Crippen LogP contribution in [0.2, 0.25) is 0 Å². The number of nitrogens with one attached hydrogen (secondary N) is 1. The van der Waals surface area contributed by atoms with Crippen molar-refractivity contribution in [3.63, 3.8) is 0 Å². The van der Waals surface area contributed by atoms with Crippen LogP contribution in [0.1, 0.15) is 56.0 Å². The third kappa shape index (κ3) is 7.41. The molecule has 7 heteroatoms. The minimum Gasteiger partial charge on any atom is -0.378 e. The highest BCUT2D eigenvalue weighted by Gasteiger charge is 2.24. The molecule has 1 aromatic carbocycles. The lowest BCUT2D eigenvalue weighted by Crippen LogP contribution is -2.41. The van der Waals surface area contributed by atoms with Gasteiger partial charge in [0.15, 0.2) is 0 Å². The molecule has 1 fully saturated rings. The molecule has 1 aromatic rings. The summed E-state index contributed by atoms with van der Waals surface area (Å²) < 4.78 is 5.79. The Hall–Kier alpha value is -1.63. The van der Waals surface area contributed by atoms with Crippen molar-refractivity contribution >= 4 is 24.2 Å². The Balaban J connectivity index is 0.00000392. The summed E-state index contributed by atoms with van der Waals surface area (Å²) in [6, 6.07) is 7.48. The number of hydrogen-bond acceptors (Lipinski definition) is 4. The van der Waals surface area contributed by atoms with Crippen LogP contribution in [0.5, 0.6) is 0 Å². The first-order chi connectivity index (χ1) is 12.8. The summed E-state index contributed by atoms with van der Waals surface area (Å²) in [7, 11) is 0. The fourth-order valence-electron chi connectivity index (χ4n) is 2.95. The number of carbonyl (C=O) groups excluding carboxylic acids is 2. The third-order valence-corrected chi connectivity index (χ3v) is 4.77. The fourth-order valence-corrected chi connectivity index (χ4v) is 2.95. The zero-order valence-electron chi connectivity index (χ0n) is 17.2. The van der Waals surface area contributed by atoms with Crippen molar-refractivity contribution in [2.45, 2.75) is 52.7 Å². The van der Waals surface area contributed by atoms with Gasteiger partial charge in [-0.05, 0) is 43.5 Å². The van der Waals surface area contributed by atoms with Gasteiger partial charge in [0.25, 0.3) is 5.91 Å². The van der Waals surface area contributed by atoms with Gasteiger partial charge in [0, 0.05) is 37.2 Å². The number of rotatable bonds is 7. The van der Waals surface area contributed by atoms with Crippen molar-refractivity contribution in [1.29, 1.82) is 0 Å². The molecule has 6 nitrogen and oxygen atoms in total. The number of nitrogens with zero attached hydrogens (tertiary/aromatic N) is 1. The van der Waals surface area contributed by atoms with Gasteiger partial charge in [-0.3, -0.25) is 9.59 Å². The molecule has 2 amide bonds. The van der Waals surface area contributed by atoms with Crippen LogP contribution < -0.4 is 11.1 Å². The number of amides is 2. The van der Waals surface area contributed by atoms with E-state index in [9.17, 15) is 9.59 Å². The van der Waals surface area contributed by atoms with Crippen LogP contribution >= 0.6 is 12.4 Å². The van der Waals surface area contributed by atoms with Crippen LogP contribution in [0.4, 0.5) is 0 Å². The standard InChI is InChI=1S/C21H33N3O3.ClH/c1-21(2,3)20(26)23-15-16-5-7-17(8-6-16)19(25)24-12-9-18(10-13-24)27-14-4-11-22;/h5-8,18H,4,9-15,22H2,1-3H3,(H,23,26);1H. The van der Waals surface area contributed by atoms with Gasteiger partial charge in [0.1, 0.15) is 0 Å². The molecule has 2 rings (SSSR count). The molecule has 0 saturated carbocycles. The van der Waals surface area contributed by atoms with E-state index in [1.54, 1.807) is 0 Å². The Bertz CT molecular complexity index is 621. The van der Waals surface area contributed by atoms with Crippen LogP contribution in [0, 0.1) is 5.41 Å². The molecule has 1 saturated heterocycles. The normalized spacial score (nSPS) is 15.1. The summed E-state index contributed by atoms with van der Waals surface area (Å²) >= 11 is 0. The molecule has 0 aliphatic carbocycles. The van der Waals surface area contributed by atoms with E-state index in [4.69, 9.17) is 10.5 Å². The van der Waals surface area contributed by atoms with Gasteiger partial charge in [-0.2, -0.15) is 0 Å². The van der Waals surface area contributed by atoms with Crippen LogP contribution in [-0.2, 0) is 16.1 Å². The molecule has 1 aliphatic heterocycles. The molecule has 28 heavy (non-hydrogen) atoms. The number of likely N-dealkylation sites (tertiary alicyclic amines) is 1. The average molecular weight is 412 g/mol. The molecule has 0 bridgehead atoms. The highest BCUT2D eigenvalue weighted by atomic mass is 35.5. The van der Waals surface area contributed by atoms with Gasteiger partial charge in [-0.25, -0.2) is 0 Å². The number of halogens is 1. The summed E-state index contributed by atoms with van der Waals surface area (Å²) in [5, 5.41) is 2.92. The first-order valence-electron chi connectivity index (χ1n) is 9.79. The average Bonchev–Trinajstić information content (AvgIpc) is 2.66. The highest BCUT2D eigenvalue weighted by Crippen LogP contribution is 2.17. The van der Waals surface area contributed by atoms with Gasteiger partial charge in [-0.15, -0.1) is 12.4 Å². The number of piperidine rings is 1. The van der Waals surface area contributed by atoms with E-state index < -0.39 is 5.41 Å². The molecule has 3 N–H and O–H groups in total. The van der Waals surface area contributed by atoms with Gasteiger partial charge in [-0.1, -0.05) is 32.9 Å². The predicted octanol–water partition coefficient (Wildman–Crippen LogP) is 2.74. The zero-order valence-corrected chi connectivity index (χ0v) is 18.0. The number of hydrogen-bond donors (Lipinski definition) is 2. The topological polar surface area (TPSA) is 84.7 Å². The Labute approximate surface area is 174 Å². The maximum atomic E-state index is 12.7. The Morgan fingerprint density at radius 3 is 2.32 bits per heavy atom. The second-order valence-electron chi connectivity index (χ2n) is 8.13. The Kier molecular flexibility index (Phi) is 9.93. The molecule has 0 atom stereocenters. The van der Waals surface area contributed by atoms with Crippen molar-refractivity contribution < 1.29 is 14.3 Å². The smallest absolute Gasteiger partial charge is 0.253 e. The highest BCUT2D eigenvalue weighted by molar-refractivity contribution is 5.94. The van der Waals surface area contributed by atoms with Crippen molar-refractivity contribution in [1.82, 2.24) is 10.2 Å². The first-order valence-corrected chi connectivity index (χ1v) is 9.79. The monoisotopic (exact) mass is 411 g/mol. The summed E-state index contributed by atoms with van der Waals surface area (Å²) in [6.45, 7) is 8.90. The molecule has 158 valence electrons. The first kappa shape index (κ1) is 24.4. The zero-order chi connectivity index (χ0) is 19.9. The molecule has 1 aliphatic rings. The Morgan fingerprint density at radius 1 is 1.18 bits per heavy atom. The van der Waals surface area contributed by atoms with E-state index in [1.165, 1.54) is 0 Å². The fraction of sp³-hybridized carbons (Fsp3) is 0.619. The minimum absolute atomic E-state index is 0. The second kappa shape index (κ2) is 11.4. The molecular formula is C21H34ClN3O3. The summed E-state index contributed by atoms with van der Waals surface area (Å²) in [5.41, 5.74) is 6.74. The van der Waals surface area contributed by atoms with E-state index in [-0.39, 0.29) is 30.3 Å². The number of nitrogens with two attached hydrogens (primary N) is 1. The van der Waals surface area contributed by atoms with Crippen LogP contribution in [0.15, 0.2) is 24.3 Å². The van der Waals surface area contributed by atoms with E-state index in [2.05, 4.69) is 5.32 Å². The van der Waals surface area contributed by atoms with Crippen molar-refractivity contribution in [2.24, 2.45) is 11.1 Å². The molecule has 1 heterocycles. The van der Waals surface area contributed by atoms with Crippen molar-refractivity contribution in [2.75, 3.05) is 26.2 Å². The largest absolute Gasteiger partial charge is 0.378 e. The number of ether oxygens (including phenoxy) is 1. The predicted molar refractivity (Wildman–Crippen MR) is 114 cm³/mol. The molecular weight excluding hydrogens is 378 g/mol. The minimum atomic E-state index is -0.407. The van der Waals surface area contributed by atoms with Crippen LogP contribution in [0.25, 0.3) is 0 Å². The Morgan fingerprint density at radius 2 is 1.79 bits per heavy atom. The van der Waals surface area contributed by atoms with Gasteiger partial charge < -0.3 is 20.7 Å². The molecule has 0 spiro atoms. The SMILES string of the molecule is CC(C)(C)C(=O)NCc1ccc(C(=O)N2CCC(OCCCN)CC2)cc1.Cl. The number of benzene rings is 1. The molecule has 0 aromatic heterocycles. The number of carbonyl (C=O) groups is 2. The van der Waals surface area contributed by atoms with E-state index in [1.807, 2.05) is 49.9 Å². The second-order valence-corrected chi connectivity index (χ2v) is 8.13. The third-order valence-electron chi connectivity index (χ3n) is 4.77. The van der Waals surface area contributed by atoms with Gasteiger partial charge in [0.05, 0.1) is 6.10 Å². The lowest BCUT2D eigenvalue weighted by molar-refractivity contribution is -0.128. The molecule has 0 unspecified atom stereocenters. The summed E-state index contributed by atoms with van der Waals surface area (Å²) in [5.74, 6) is 0.0693.